The monoisotopic (exact) mass is 532 g/mol. The van der Waals surface area contributed by atoms with Crippen LogP contribution in [-0.4, -0.2) is 9.97 Å². The molecule has 0 fully saturated rings. The summed E-state index contributed by atoms with van der Waals surface area (Å²) in [5.41, 5.74) is 10.5. The lowest BCUT2D eigenvalue weighted by Crippen LogP contribution is -2.22. The van der Waals surface area contributed by atoms with Crippen molar-refractivity contribution in [1.29, 1.82) is 0 Å². The molecule has 0 unspecified atom stereocenters. The highest BCUT2D eigenvalue weighted by atomic mass is 14.8. The highest BCUT2D eigenvalue weighted by molar-refractivity contribution is 5.72. The van der Waals surface area contributed by atoms with Gasteiger partial charge in [0, 0.05) is 16.5 Å². The maximum Gasteiger partial charge on any atom is 0.0705 e. The van der Waals surface area contributed by atoms with E-state index in [-0.39, 0.29) is 5.41 Å². The van der Waals surface area contributed by atoms with Gasteiger partial charge in [0.25, 0.3) is 0 Å². The maximum absolute atomic E-state index is 5.14. The van der Waals surface area contributed by atoms with E-state index in [4.69, 9.17) is 9.97 Å². The minimum Gasteiger partial charge on any atom is -0.252 e. The molecule has 0 bridgehead atoms. The molecular weight excluding hydrogens is 496 g/mol. The number of hydrogen-bond acceptors (Lipinski definition) is 2. The second-order valence-electron chi connectivity index (χ2n) is 10.3. The van der Waals surface area contributed by atoms with Crippen LogP contribution in [0.3, 0.4) is 0 Å². The first-order chi connectivity index (χ1) is 20.1. The Bertz CT molecular complexity index is 1590. The van der Waals surface area contributed by atoms with Crippen LogP contribution in [-0.2, 0) is 5.41 Å². The van der Waals surface area contributed by atoms with Crippen molar-refractivity contribution in [3.05, 3.63) is 157 Å². The molecule has 0 aliphatic heterocycles. The van der Waals surface area contributed by atoms with E-state index in [1.165, 1.54) is 22.3 Å². The van der Waals surface area contributed by atoms with Gasteiger partial charge in [-0.2, -0.15) is 0 Å². The molecule has 6 rings (SSSR count). The van der Waals surface area contributed by atoms with Gasteiger partial charge >= 0.3 is 0 Å². The molecule has 2 nitrogen and oxygen atoms in total. The van der Waals surface area contributed by atoms with E-state index < -0.39 is 0 Å². The zero-order valence-electron chi connectivity index (χ0n) is 24.3. The highest BCUT2D eigenvalue weighted by Crippen LogP contribution is 2.33. The van der Waals surface area contributed by atoms with Crippen LogP contribution in [0.15, 0.2) is 146 Å². The van der Waals surface area contributed by atoms with E-state index >= 15 is 0 Å². The maximum atomic E-state index is 5.14. The van der Waals surface area contributed by atoms with Crippen molar-refractivity contribution in [1.82, 2.24) is 9.97 Å². The summed E-state index contributed by atoms with van der Waals surface area (Å²) in [6.07, 6.45) is 0. The lowest BCUT2D eigenvalue weighted by molar-refractivity contribution is 0.597. The van der Waals surface area contributed by atoms with Crippen LogP contribution in [0.2, 0.25) is 0 Å². The van der Waals surface area contributed by atoms with Crippen molar-refractivity contribution in [3.8, 4) is 44.8 Å². The third-order valence-corrected chi connectivity index (χ3v) is 7.31. The smallest absolute Gasteiger partial charge is 0.0705 e. The summed E-state index contributed by atoms with van der Waals surface area (Å²) in [7, 11) is 0. The van der Waals surface area contributed by atoms with Crippen molar-refractivity contribution in [2.75, 3.05) is 0 Å². The van der Waals surface area contributed by atoms with Crippen LogP contribution in [0, 0.1) is 0 Å². The van der Waals surface area contributed by atoms with Gasteiger partial charge in [-0.15, -0.1) is 0 Å². The van der Waals surface area contributed by atoms with E-state index in [2.05, 4.69) is 147 Å². The predicted molar refractivity (Wildman–Crippen MR) is 174 cm³/mol. The number of nitrogens with zero attached hydrogens (tertiary/aromatic N) is 2. The Morgan fingerprint density at radius 3 is 1.12 bits per heavy atom. The number of rotatable bonds is 6. The van der Waals surface area contributed by atoms with E-state index in [0.29, 0.717) is 0 Å². The molecule has 0 amide bonds. The van der Waals surface area contributed by atoms with E-state index in [1.807, 2.05) is 26.0 Å². The second-order valence-corrected chi connectivity index (χ2v) is 10.3. The predicted octanol–water partition coefficient (Wildman–Crippen LogP) is 10.5. The molecule has 6 aromatic rings. The normalized spacial score (nSPS) is 10.9. The van der Waals surface area contributed by atoms with Crippen LogP contribution in [0.1, 0.15) is 39.1 Å². The fourth-order valence-electron chi connectivity index (χ4n) is 5.00. The van der Waals surface area contributed by atoms with Gasteiger partial charge in [-0.1, -0.05) is 123 Å². The van der Waals surface area contributed by atoms with Crippen LogP contribution < -0.4 is 0 Å². The van der Waals surface area contributed by atoms with E-state index in [0.717, 1.165) is 33.9 Å². The Morgan fingerprint density at radius 2 is 0.707 bits per heavy atom. The van der Waals surface area contributed by atoms with E-state index in [9.17, 15) is 0 Å². The van der Waals surface area contributed by atoms with Gasteiger partial charge in [0.05, 0.1) is 22.8 Å². The molecule has 0 aliphatic carbocycles. The highest BCUT2D eigenvalue weighted by Gasteiger charge is 2.27. The fraction of sp³-hybridized carbons (Fsp3) is 0.128. The SMILES string of the molecule is CC.CC(C)(c1cccc(-c2cccc(-c3ccccc3)c2)n1)c1cccc(-c2cccc(-c3ccccc3)c2)n1. The summed E-state index contributed by atoms with van der Waals surface area (Å²) in [6.45, 7) is 8.40. The third kappa shape index (κ3) is 6.18. The summed E-state index contributed by atoms with van der Waals surface area (Å²) in [6, 6.07) is 50.7. The fourth-order valence-corrected chi connectivity index (χ4v) is 5.00. The molecule has 0 spiro atoms. The molecule has 0 aliphatic rings. The molecule has 0 saturated heterocycles. The molecule has 2 heterocycles. The average Bonchev–Trinajstić information content (AvgIpc) is 3.07. The molecule has 0 radical (unpaired) electrons. The lowest BCUT2D eigenvalue weighted by atomic mass is 9.84. The molecule has 4 aromatic carbocycles. The van der Waals surface area contributed by atoms with Crippen molar-refractivity contribution >= 4 is 0 Å². The Morgan fingerprint density at radius 1 is 0.366 bits per heavy atom. The zero-order chi connectivity index (χ0) is 28.7. The van der Waals surface area contributed by atoms with Crippen molar-refractivity contribution < 1.29 is 0 Å². The van der Waals surface area contributed by atoms with Gasteiger partial charge in [-0.3, -0.25) is 9.97 Å². The summed E-state index contributed by atoms with van der Waals surface area (Å²) >= 11 is 0. The average molecular weight is 533 g/mol. The Balaban J connectivity index is 0.00000165. The number of benzene rings is 4. The summed E-state index contributed by atoms with van der Waals surface area (Å²) in [4.78, 5) is 10.3. The van der Waals surface area contributed by atoms with Gasteiger partial charge in [-0.05, 0) is 72.5 Å². The van der Waals surface area contributed by atoms with Gasteiger partial charge in [0.15, 0.2) is 0 Å². The van der Waals surface area contributed by atoms with Crippen LogP contribution in [0.25, 0.3) is 44.8 Å². The van der Waals surface area contributed by atoms with Crippen molar-refractivity contribution in [3.63, 3.8) is 0 Å². The van der Waals surface area contributed by atoms with Gasteiger partial charge < -0.3 is 0 Å². The molecule has 41 heavy (non-hydrogen) atoms. The topological polar surface area (TPSA) is 25.8 Å². The quantitative estimate of drug-likeness (QED) is 0.213. The standard InChI is InChI=1S/C37H30N2.C2H6/c1-37(2,35-23-11-21-33(38-35)31-19-9-17-29(25-31)27-13-5-3-6-14-27)36-24-12-22-34(39-36)32-20-10-18-30(26-32)28-15-7-4-8-16-28;1-2/h3-26H,1-2H3;1-2H3. The summed E-state index contributed by atoms with van der Waals surface area (Å²) < 4.78 is 0. The molecule has 202 valence electrons. The largest absolute Gasteiger partial charge is 0.252 e. The van der Waals surface area contributed by atoms with Gasteiger partial charge in [0.1, 0.15) is 0 Å². The summed E-state index contributed by atoms with van der Waals surface area (Å²) in [5.74, 6) is 0. The molecule has 0 saturated carbocycles. The minimum absolute atomic E-state index is 0.375. The molecule has 2 heteroatoms. The van der Waals surface area contributed by atoms with E-state index in [1.54, 1.807) is 0 Å². The Labute approximate surface area is 244 Å². The molecule has 0 N–H and O–H groups in total. The van der Waals surface area contributed by atoms with Crippen LogP contribution >= 0.6 is 0 Å². The zero-order valence-corrected chi connectivity index (χ0v) is 24.3. The first-order valence-corrected chi connectivity index (χ1v) is 14.3. The number of pyridine rings is 2. The number of hydrogen-bond donors (Lipinski definition) is 0. The minimum atomic E-state index is -0.375. The first-order valence-electron chi connectivity index (χ1n) is 14.3. The lowest BCUT2D eigenvalue weighted by Gasteiger charge is -2.25. The first kappa shape index (κ1) is 27.7. The van der Waals surface area contributed by atoms with Crippen molar-refractivity contribution in [2.45, 2.75) is 33.1 Å². The number of aromatic nitrogens is 2. The van der Waals surface area contributed by atoms with Gasteiger partial charge in [-0.25, -0.2) is 0 Å². The molecule has 0 atom stereocenters. The molecular formula is C39H36N2. The Hall–Kier alpha value is -4.82. The van der Waals surface area contributed by atoms with Crippen molar-refractivity contribution in [2.24, 2.45) is 0 Å². The molecule has 2 aromatic heterocycles. The second kappa shape index (κ2) is 12.6. The van der Waals surface area contributed by atoms with Gasteiger partial charge in [0.2, 0.25) is 0 Å². The Kier molecular flexibility index (Phi) is 8.50. The summed E-state index contributed by atoms with van der Waals surface area (Å²) in [5, 5.41) is 0. The third-order valence-electron chi connectivity index (χ3n) is 7.31. The van der Waals surface area contributed by atoms with Crippen LogP contribution in [0.5, 0.6) is 0 Å². The van der Waals surface area contributed by atoms with Crippen LogP contribution in [0.4, 0.5) is 0 Å².